The van der Waals surface area contributed by atoms with E-state index < -0.39 is 5.97 Å². The number of carboxylic acid groups (broad SMARTS) is 1. The zero-order chi connectivity index (χ0) is 12.7. The lowest BCUT2D eigenvalue weighted by Crippen LogP contribution is -2.12. The number of allylic oxidation sites excluding steroid dienone is 3. The van der Waals surface area contributed by atoms with Crippen LogP contribution in [0.15, 0.2) is 42.1 Å². The SMILES string of the molecule is C/C=C\C=C(\CNc1ccc(C)cn1)C(=O)O. The normalized spacial score (nSPS) is 11.8. The maximum absolute atomic E-state index is 10.9. The third-order valence-electron chi connectivity index (χ3n) is 2.14. The monoisotopic (exact) mass is 232 g/mol. The first-order valence-electron chi connectivity index (χ1n) is 5.35. The molecule has 0 atom stereocenters. The van der Waals surface area contributed by atoms with Gasteiger partial charge in [-0.25, -0.2) is 9.78 Å². The van der Waals surface area contributed by atoms with E-state index in [2.05, 4.69) is 10.3 Å². The van der Waals surface area contributed by atoms with Crippen LogP contribution in [0.3, 0.4) is 0 Å². The molecule has 4 nitrogen and oxygen atoms in total. The summed E-state index contributed by atoms with van der Waals surface area (Å²) in [6, 6.07) is 3.75. The smallest absolute Gasteiger partial charge is 0.333 e. The molecule has 1 aromatic rings. The van der Waals surface area contributed by atoms with E-state index in [1.54, 1.807) is 24.4 Å². The van der Waals surface area contributed by atoms with Crippen molar-refractivity contribution in [3.05, 3.63) is 47.7 Å². The maximum Gasteiger partial charge on any atom is 0.333 e. The molecule has 0 amide bonds. The van der Waals surface area contributed by atoms with Gasteiger partial charge in [0.15, 0.2) is 0 Å². The summed E-state index contributed by atoms with van der Waals surface area (Å²) in [5, 5.41) is 11.9. The van der Waals surface area contributed by atoms with Crippen LogP contribution in [-0.2, 0) is 4.79 Å². The molecule has 0 saturated carbocycles. The molecule has 0 saturated heterocycles. The van der Waals surface area contributed by atoms with E-state index in [9.17, 15) is 4.79 Å². The van der Waals surface area contributed by atoms with Crippen LogP contribution in [0.1, 0.15) is 12.5 Å². The first-order chi connectivity index (χ1) is 8.13. The zero-order valence-corrected chi connectivity index (χ0v) is 9.97. The number of nitrogens with zero attached hydrogens (tertiary/aromatic N) is 1. The fourth-order valence-electron chi connectivity index (χ4n) is 1.18. The van der Waals surface area contributed by atoms with Crippen LogP contribution in [0.4, 0.5) is 5.82 Å². The molecule has 1 aromatic heterocycles. The Kier molecular flexibility index (Phi) is 4.94. The Hall–Kier alpha value is -2.10. The van der Waals surface area contributed by atoms with Gasteiger partial charge in [-0.05, 0) is 25.5 Å². The van der Waals surface area contributed by atoms with Crippen molar-refractivity contribution in [2.45, 2.75) is 13.8 Å². The minimum Gasteiger partial charge on any atom is -0.478 e. The van der Waals surface area contributed by atoms with E-state index in [1.807, 2.05) is 26.0 Å². The highest BCUT2D eigenvalue weighted by atomic mass is 16.4. The summed E-state index contributed by atoms with van der Waals surface area (Å²) in [4.78, 5) is 15.1. The molecule has 1 heterocycles. The van der Waals surface area contributed by atoms with Crippen LogP contribution in [-0.4, -0.2) is 22.6 Å². The Labute approximate surface area is 101 Å². The summed E-state index contributed by atoms with van der Waals surface area (Å²) in [5.41, 5.74) is 1.36. The van der Waals surface area contributed by atoms with Gasteiger partial charge in [0.1, 0.15) is 5.82 Å². The molecule has 1 rings (SSSR count). The number of anilines is 1. The van der Waals surface area contributed by atoms with E-state index in [1.165, 1.54) is 0 Å². The molecule has 4 heteroatoms. The fourth-order valence-corrected chi connectivity index (χ4v) is 1.18. The second kappa shape index (κ2) is 6.48. The largest absolute Gasteiger partial charge is 0.478 e. The molecule has 0 bridgehead atoms. The van der Waals surface area contributed by atoms with Crippen molar-refractivity contribution >= 4 is 11.8 Å². The van der Waals surface area contributed by atoms with Crippen molar-refractivity contribution in [3.63, 3.8) is 0 Å². The lowest BCUT2D eigenvalue weighted by atomic mass is 10.2. The van der Waals surface area contributed by atoms with Crippen molar-refractivity contribution < 1.29 is 9.90 Å². The quantitative estimate of drug-likeness (QED) is 0.604. The number of aliphatic carboxylic acids is 1. The Morgan fingerprint density at radius 2 is 2.29 bits per heavy atom. The van der Waals surface area contributed by atoms with Crippen molar-refractivity contribution in [1.29, 1.82) is 0 Å². The van der Waals surface area contributed by atoms with Gasteiger partial charge in [0, 0.05) is 12.7 Å². The maximum atomic E-state index is 10.9. The molecule has 0 aromatic carbocycles. The summed E-state index contributed by atoms with van der Waals surface area (Å²) >= 11 is 0. The highest BCUT2D eigenvalue weighted by Crippen LogP contribution is 2.05. The van der Waals surface area contributed by atoms with Gasteiger partial charge in [-0.3, -0.25) is 0 Å². The van der Waals surface area contributed by atoms with Gasteiger partial charge in [0.05, 0.1) is 5.57 Å². The third-order valence-corrected chi connectivity index (χ3v) is 2.14. The molecule has 0 spiro atoms. The first-order valence-corrected chi connectivity index (χ1v) is 5.35. The minimum absolute atomic E-state index is 0.246. The highest BCUT2D eigenvalue weighted by Gasteiger charge is 2.05. The number of pyridine rings is 1. The summed E-state index contributed by atoms with van der Waals surface area (Å²) in [6.07, 6.45) is 6.79. The van der Waals surface area contributed by atoms with Crippen molar-refractivity contribution in [2.24, 2.45) is 0 Å². The van der Waals surface area contributed by atoms with Gasteiger partial charge in [-0.1, -0.05) is 24.3 Å². The number of rotatable bonds is 5. The van der Waals surface area contributed by atoms with Gasteiger partial charge in [0.25, 0.3) is 0 Å². The molecule has 0 fully saturated rings. The predicted octanol–water partition coefficient (Wildman–Crippen LogP) is 2.39. The van der Waals surface area contributed by atoms with Crippen molar-refractivity contribution in [1.82, 2.24) is 4.98 Å². The van der Waals surface area contributed by atoms with Crippen LogP contribution >= 0.6 is 0 Å². The molecule has 17 heavy (non-hydrogen) atoms. The van der Waals surface area contributed by atoms with Crippen molar-refractivity contribution in [2.75, 3.05) is 11.9 Å². The number of hydrogen-bond acceptors (Lipinski definition) is 3. The molecule has 0 radical (unpaired) electrons. The van der Waals surface area contributed by atoms with Crippen LogP contribution in [0.25, 0.3) is 0 Å². The molecule has 2 N–H and O–H groups in total. The lowest BCUT2D eigenvalue weighted by molar-refractivity contribution is -0.132. The van der Waals surface area contributed by atoms with Gasteiger partial charge in [0.2, 0.25) is 0 Å². The Morgan fingerprint density at radius 1 is 1.53 bits per heavy atom. The molecule has 0 aliphatic rings. The molecular formula is C13H16N2O2. The standard InChI is InChI=1S/C13H16N2O2/c1-3-4-5-11(13(16)17)9-15-12-7-6-10(2)8-14-12/h3-8H,9H2,1-2H3,(H,14,15)(H,16,17)/b4-3-,11-5-. The summed E-state index contributed by atoms with van der Waals surface area (Å²) in [5.74, 6) is -0.258. The second-order valence-electron chi connectivity index (χ2n) is 3.60. The van der Waals surface area contributed by atoms with E-state index in [0.29, 0.717) is 11.4 Å². The topological polar surface area (TPSA) is 62.2 Å². The minimum atomic E-state index is -0.928. The number of aromatic nitrogens is 1. The fraction of sp³-hybridized carbons (Fsp3) is 0.231. The molecule has 0 aliphatic carbocycles. The number of carbonyl (C=O) groups is 1. The Balaban J connectivity index is 2.64. The number of carboxylic acids is 1. The average Bonchev–Trinajstić information content (AvgIpc) is 2.31. The van der Waals surface area contributed by atoms with Crippen molar-refractivity contribution in [3.8, 4) is 0 Å². The van der Waals surface area contributed by atoms with Crippen LogP contribution < -0.4 is 5.32 Å². The van der Waals surface area contributed by atoms with Crippen LogP contribution in [0.5, 0.6) is 0 Å². The lowest BCUT2D eigenvalue weighted by Gasteiger charge is -2.05. The molecule has 0 aliphatic heterocycles. The zero-order valence-electron chi connectivity index (χ0n) is 9.97. The summed E-state index contributed by atoms with van der Waals surface area (Å²) in [7, 11) is 0. The number of aryl methyl sites for hydroxylation is 1. The van der Waals surface area contributed by atoms with E-state index >= 15 is 0 Å². The highest BCUT2D eigenvalue weighted by molar-refractivity contribution is 5.88. The molecule has 90 valence electrons. The number of hydrogen-bond donors (Lipinski definition) is 2. The van der Waals surface area contributed by atoms with E-state index in [-0.39, 0.29) is 6.54 Å². The summed E-state index contributed by atoms with van der Waals surface area (Å²) in [6.45, 7) is 4.03. The van der Waals surface area contributed by atoms with Crippen LogP contribution in [0, 0.1) is 6.92 Å². The number of nitrogens with one attached hydrogen (secondary N) is 1. The predicted molar refractivity (Wildman–Crippen MR) is 68.0 cm³/mol. The van der Waals surface area contributed by atoms with Gasteiger partial charge in [-0.2, -0.15) is 0 Å². The third kappa shape index (κ3) is 4.51. The summed E-state index contributed by atoms with van der Waals surface area (Å²) < 4.78 is 0. The second-order valence-corrected chi connectivity index (χ2v) is 3.60. The molecular weight excluding hydrogens is 216 g/mol. The Morgan fingerprint density at radius 3 is 2.82 bits per heavy atom. The van der Waals surface area contributed by atoms with Crippen LogP contribution in [0.2, 0.25) is 0 Å². The van der Waals surface area contributed by atoms with E-state index in [0.717, 1.165) is 5.56 Å². The van der Waals surface area contributed by atoms with E-state index in [4.69, 9.17) is 5.11 Å². The average molecular weight is 232 g/mol. The van der Waals surface area contributed by atoms with Gasteiger partial charge < -0.3 is 10.4 Å². The Bertz CT molecular complexity index is 433. The first kappa shape index (κ1) is 13.0. The van der Waals surface area contributed by atoms with Gasteiger partial charge in [-0.15, -0.1) is 0 Å². The molecule has 0 unspecified atom stereocenters. The van der Waals surface area contributed by atoms with Gasteiger partial charge >= 0.3 is 5.97 Å².